The molecule has 1 aliphatic rings. The highest BCUT2D eigenvalue weighted by molar-refractivity contribution is 5.70. The molecule has 0 bridgehead atoms. The highest BCUT2D eigenvalue weighted by Crippen LogP contribution is 2.28. The van der Waals surface area contributed by atoms with Crippen LogP contribution in [-0.2, 0) is 19.1 Å². The molecule has 2 N–H and O–H groups in total. The van der Waals surface area contributed by atoms with Crippen LogP contribution in [0.15, 0.2) is 60.3 Å². The van der Waals surface area contributed by atoms with E-state index in [1.165, 1.54) is 6.92 Å². The third-order valence-electron chi connectivity index (χ3n) is 6.49. The van der Waals surface area contributed by atoms with E-state index in [1.54, 1.807) is 25.3 Å². The Balaban J connectivity index is 2.34. The summed E-state index contributed by atoms with van der Waals surface area (Å²) in [5, 5.41) is 21.3. The molecule has 2 rings (SSSR count). The molecule has 7 heteroatoms. The van der Waals surface area contributed by atoms with Gasteiger partial charge in [0.1, 0.15) is 17.8 Å². The first kappa shape index (κ1) is 29.5. The quantitative estimate of drug-likeness (QED) is 0.333. The van der Waals surface area contributed by atoms with E-state index < -0.39 is 35.9 Å². The van der Waals surface area contributed by atoms with Crippen molar-refractivity contribution in [2.45, 2.75) is 90.6 Å². The monoisotopic (exact) mass is 499 g/mol. The number of carbonyl (C=O) groups is 2. The van der Waals surface area contributed by atoms with Gasteiger partial charge in [0.05, 0.1) is 12.5 Å². The van der Waals surface area contributed by atoms with E-state index in [1.807, 2.05) is 44.2 Å². The lowest BCUT2D eigenvalue weighted by atomic mass is 9.88. The number of aliphatic hydroxyl groups excluding tert-OH is 1. The molecular weight excluding hydrogens is 458 g/mol. The number of esters is 2. The molecule has 0 aromatic carbocycles. The van der Waals surface area contributed by atoms with Crippen molar-refractivity contribution in [1.29, 1.82) is 0 Å². The van der Waals surface area contributed by atoms with Crippen molar-refractivity contribution < 1.29 is 29.3 Å². The van der Waals surface area contributed by atoms with Gasteiger partial charge in [-0.15, -0.1) is 0 Å². The summed E-state index contributed by atoms with van der Waals surface area (Å²) in [5.41, 5.74) is 0.413. The van der Waals surface area contributed by atoms with Gasteiger partial charge in [-0.2, -0.15) is 0 Å². The Morgan fingerprint density at radius 3 is 2.61 bits per heavy atom. The van der Waals surface area contributed by atoms with Crippen LogP contribution in [0.1, 0.15) is 72.4 Å². The van der Waals surface area contributed by atoms with Crippen LogP contribution in [0.5, 0.6) is 0 Å². The first-order chi connectivity index (χ1) is 16.9. The summed E-state index contributed by atoms with van der Waals surface area (Å²) in [6.45, 7) is 10.9. The smallest absolute Gasteiger partial charge is 0.309 e. The Kier molecular flexibility index (Phi) is 11.1. The average Bonchev–Trinajstić information content (AvgIpc) is 2.80. The van der Waals surface area contributed by atoms with Crippen LogP contribution in [0.3, 0.4) is 0 Å². The van der Waals surface area contributed by atoms with Gasteiger partial charge in [0.25, 0.3) is 0 Å². The van der Waals surface area contributed by atoms with E-state index >= 15 is 0 Å². The fraction of sp³-hybridized carbons (Fsp3) is 0.552. The largest absolute Gasteiger partial charge is 0.457 e. The van der Waals surface area contributed by atoms with E-state index in [-0.39, 0.29) is 31.1 Å². The first-order valence-electron chi connectivity index (χ1n) is 12.6. The van der Waals surface area contributed by atoms with Crippen molar-refractivity contribution in [2.24, 2.45) is 11.8 Å². The normalized spacial score (nSPS) is 30.2. The van der Waals surface area contributed by atoms with Crippen molar-refractivity contribution >= 4 is 11.9 Å². The standard InChI is InChI=1S/C29H41NO6/c1-19(2)24(25-12-7-8-17-30-25)11-9-10-20(3)28-21(4)13-14-26(35-22(5)31)29(6,34)16-15-23(32)18-27(33)36-28/h7-14,17,19,21,23-24,26,28,32,34H,15-16,18H2,1-6H3/b11-9+,14-13+,20-10+/t21-,23-,24?,26-,28+,29-/m0/s1. The zero-order valence-corrected chi connectivity index (χ0v) is 22.3. The van der Waals surface area contributed by atoms with Gasteiger partial charge in [0.2, 0.25) is 0 Å². The predicted octanol–water partition coefficient (Wildman–Crippen LogP) is 4.66. The molecule has 0 saturated heterocycles. The highest BCUT2D eigenvalue weighted by atomic mass is 16.6. The number of aliphatic hydroxyl groups is 2. The van der Waals surface area contributed by atoms with Crippen molar-refractivity contribution in [3.63, 3.8) is 0 Å². The molecule has 2 heterocycles. The Hall–Kier alpha value is -2.77. The molecule has 1 aliphatic heterocycles. The number of pyridine rings is 1. The number of hydrogen-bond acceptors (Lipinski definition) is 7. The number of carbonyl (C=O) groups excluding carboxylic acids is 2. The van der Waals surface area contributed by atoms with Gasteiger partial charge >= 0.3 is 11.9 Å². The van der Waals surface area contributed by atoms with Crippen LogP contribution in [0.2, 0.25) is 0 Å². The fourth-order valence-electron chi connectivity index (χ4n) is 4.29. The number of aromatic nitrogens is 1. The third kappa shape index (κ3) is 9.03. The van der Waals surface area contributed by atoms with Crippen molar-refractivity contribution in [3.05, 3.63) is 66.0 Å². The van der Waals surface area contributed by atoms with E-state index in [2.05, 4.69) is 24.9 Å². The summed E-state index contributed by atoms with van der Waals surface area (Å²) in [5.74, 6) is -0.816. The minimum atomic E-state index is -1.40. The topological polar surface area (TPSA) is 106 Å². The van der Waals surface area contributed by atoms with Crippen LogP contribution in [0.4, 0.5) is 0 Å². The van der Waals surface area contributed by atoms with E-state index in [0.717, 1.165) is 11.3 Å². The van der Waals surface area contributed by atoms with Gasteiger partial charge < -0.3 is 19.7 Å². The summed E-state index contributed by atoms with van der Waals surface area (Å²) >= 11 is 0. The molecule has 0 aliphatic carbocycles. The first-order valence-corrected chi connectivity index (χ1v) is 12.6. The maximum absolute atomic E-state index is 12.6. The Bertz CT molecular complexity index is 950. The molecule has 6 atom stereocenters. The van der Waals surface area contributed by atoms with Crippen molar-refractivity contribution in [2.75, 3.05) is 0 Å². The molecule has 198 valence electrons. The van der Waals surface area contributed by atoms with Crippen LogP contribution in [-0.4, -0.2) is 51.0 Å². The minimum absolute atomic E-state index is 0.133. The molecule has 0 radical (unpaired) electrons. The lowest BCUT2D eigenvalue weighted by Crippen LogP contribution is -2.42. The van der Waals surface area contributed by atoms with E-state index in [0.29, 0.717) is 5.92 Å². The zero-order chi connectivity index (χ0) is 26.9. The Labute approximate surface area is 214 Å². The van der Waals surface area contributed by atoms with Crippen LogP contribution >= 0.6 is 0 Å². The lowest BCUT2D eigenvalue weighted by Gasteiger charge is -2.32. The molecule has 1 aromatic rings. The predicted molar refractivity (Wildman–Crippen MR) is 139 cm³/mol. The van der Waals surface area contributed by atoms with Gasteiger partial charge in [-0.05, 0) is 56.4 Å². The van der Waals surface area contributed by atoms with Gasteiger partial charge in [-0.25, -0.2) is 0 Å². The summed E-state index contributed by atoms with van der Waals surface area (Å²) in [6.07, 6.45) is 8.85. The lowest BCUT2D eigenvalue weighted by molar-refractivity contribution is -0.157. The van der Waals surface area contributed by atoms with Crippen LogP contribution < -0.4 is 0 Å². The summed E-state index contributed by atoms with van der Waals surface area (Å²) in [6, 6.07) is 5.87. The van der Waals surface area contributed by atoms with Crippen molar-refractivity contribution in [1.82, 2.24) is 4.98 Å². The third-order valence-corrected chi connectivity index (χ3v) is 6.49. The Morgan fingerprint density at radius 2 is 2.00 bits per heavy atom. The molecule has 0 saturated carbocycles. The second-order valence-corrected chi connectivity index (χ2v) is 10.3. The average molecular weight is 500 g/mol. The molecule has 36 heavy (non-hydrogen) atoms. The number of allylic oxidation sites excluding steroid dienone is 3. The second-order valence-electron chi connectivity index (χ2n) is 10.3. The summed E-state index contributed by atoms with van der Waals surface area (Å²) in [7, 11) is 0. The van der Waals surface area contributed by atoms with Gasteiger partial charge in [-0.3, -0.25) is 14.6 Å². The molecule has 0 spiro atoms. The van der Waals surface area contributed by atoms with Crippen molar-refractivity contribution in [3.8, 4) is 0 Å². The van der Waals surface area contributed by atoms with E-state index in [4.69, 9.17) is 9.47 Å². The molecule has 1 unspecified atom stereocenters. The minimum Gasteiger partial charge on any atom is -0.457 e. The number of hydrogen-bond donors (Lipinski definition) is 2. The molecule has 7 nitrogen and oxygen atoms in total. The molecule has 0 amide bonds. The SMILES string of the molecule is CC(=O)O[C@H]1/C=C/[C@H](C)[C@@H](/C(C)=C/C=C/C(c2ccccn2)C(C)C)OC(=O)C[C@@H](O)CC[C@]1(C)O. The summed E-state index contributed by atoms with van der Waals surface area (Å²) in [4.78, 5) is 28.7. The van der Waals surface area contributed by atoms with Gasteiger partial charge in [0, 0.05) is 30.7 Å². The van der Waals surface area contributed by atoms with Gasteiger partial charge in [-0.1, -0.05) is 51.1 Å². The zero-order valence-electron chi connectivity index (χ0n) is 22.3. The Morgan fingerprint density at radius 1 is 1.28 bits per heavy atom. The number of cyclic esters (lactones) is 1. The van der Waals surface area contributed by atoms with Gasteiger partial charge in [0.15, 0.2) is 0 Å². The second kappa shape index (κ2) is 13.5. The van der Waals surface area contributed by atoms with Crippen LogP contribution in [0, 0.1) is 11.8 Å². The molecular formula is C29H41NO6. The highest BCUT2D eigenvalue weighted by Gasteiger charge is 2.35. The maximum atomic E-state index is 12.6. The number of nitrogens with zero attached hydrogens (tertiary/aromatic N) is 1. The fourth-order valence-corrected chi connectivity index (χ4v) is 4.29. The number of rotatable bonds is 6. The maximum Gasteiger partial charge on any atom is 0.309 e. The van der Waals surface area contributed by atoms with E-state index in [9.17, 15) is 19.8 Å². The number of ether oxygens (including phenoxy) is 2. The van der Waals surface area contributed by atoms with Crippen LogP contribution in [0.25, 0.3) is 0 Å². The summed E-state index contributed by atoms with van der Waals surface area (Å²) < 4.78 is 11.2. The molecule has 1 aromatic heterocycles. The molecule has 0 fully saturated rings.